The summed E-state index contributed by atoms with van der Waals surface area (Å²) in [5.41, 5.74) is 0.641. The Hall–Kier alpha value is -0.530. The number of hydrogen-bond donors (Lipinski definition) is 1. The minimum atomic E-state index is -0.614. The zero-order valence-electron chi connectivity index (χ0n) is 12.3. The third-order valence-corrected chi connectivity index (χ3v) is 6.12. The first-order valence-electron chi connectivity index (χ1n) is 7.49. The molecule has 0 aliphatic heterocycles. The molecular formula is C16H28O2. The summed E-state index contributed by atoms with van der Waals surface area (Å²) in [4.78, 5) is 11.2. The van der Waals surface area contributed by atoms with Gasteiger partial charge in [-0.1, -0.05) is 40.5 Å². The second kappa shape index (κ2) is 4.54. The number of carboxylic acids is 1. The summed E-state index contributed by atoms with van der Waals surface area (Å²) in [5, 5.41) is 9.22. The predicted octanol–water partition coefficient (Wildman–Crippen LogP) is 4.34. The fourth-order valence-electron chi connectivity index (χ4n) is 5.23. The highest BCUT2D eigenvalue weighted by Gasteiger charge is 2.53. The molecule has 0 bridgehead atoms. The second-order valence-electron chi connectivity index (χ2n) is 7.66. The molecular weight excluding hydrogens is 224 g/mol. The zero-order chi connectivity index (χ0) is 13.6. The zero-order valence-corrected chi connectivity index (χ0v) is 12.3. The first kappa shape index (κ1) is 13.9. The molecule has 0 aromatic heterocycles. The van der Waals surface area contributed by atoms with Gasteiger partial charge in [0.2, 0.25) is 0 Å². The Morgan fingerprint density at radius 2 is 1.89 bits per heavy atom. The van der Waals surface area contributed by atoms with Crippen LogP contribution in [0.3, 0.4) is 0 Å². The van der Waals surface area contributed by atoms with Crippen LogP contribution in [0.2, 0.25) is 0 Å². The van der Waals surface area contributed by atoms with Crippen molar-refractivity contribution < 1.29 is 9.90 Å². The molecule has 0 aromatic rings. The molecule has 0 heterocycles. The van der Waals surface area contributed by atoms with Crippen molar-refractivity contribution in [1.29, 1.82) is 0 Å². The first-order valence-corrected chi connectivity index (χ1v) is 7.49. The summed E-state index contributed by atoms with van der Waals surface area (Å²) >= 11 is 0. The van der Waals surface area contributed by atoms with Gasteiger partial charge in [-0.15, -0.1) is 0 Å². The van der Waals surface area contributed by atoms with Crippen LogP contribution in [0, 0.1) is 28.6 Å². The molecule has 2 aliphatic rings. The highest BCUT2D eigenvalue weighted by Crippen LogP contribution is 2.61. The fraction of sp³-hybridized carbons (Fsp3) is 0.938. The van der Waals surface area contributed by atoms with Crippen LogP contribution in [-0.4, -0.2) is 11.1 Å². The molecule has 2 nitrogen and oxygen atoms in total. The van der Waals surface area contributed by atoms with Gasteiger partial charge in [-0.25, -0.2) is 0 Å². The van der Waals surface area contributed by atoms with Gasteiger partial charge in [-0.05, 0) is 47.8 Å². The summed E-state index contributed by atoms with van der Waals surface area (Å²) in [6, 6.07) is 0. The van der Waals surface area contributed by atoms with Crippen LogP contribution in [0.5, 0.6) is 0 Å². The maximum absolute atomic E-state index is 11.2. The van der Waals surface area contributed by atoms with E-state index in [4.69, 9.17) is 0 Å². The molecule has 1 N–H and O–H groups in total. The van der Waals surface area contributed by atoms with Gasteiger partial charge in [0.05, 0.1) is 0 Å². The van der Waals surface area contributed by atoms with Crippen LogP contribution in [0.4, 0.5) is 0 Å². The van der Waals surface area contributed by atoms with Crippen molar-refractivity contribution in [2.75, 3.05) is 0 Å². The van der Waals surface area contributed by atoms with Crippen LogP contribution in [0.15, 0.2) is 0 Å². The molecule has 2 heteroatoms. The highest BCUT2D eigenvalue weighted by molar-refractivity contribution is 5.67. The van der Waals surface area contributed by atoms with Gasteiger partial charge >= 0.3 is 5.97 Å². The quantitative estimate of drug-likeness (QED) is 0.793. The van der Waals surface area contributed by atoms with E-state index in [1.54, 1.807) is 0 Å². The second-order valence-corrected chi connectivity index (χ2v) is 7.66. The normalized spacial score (nSPS) is 43.2. The van der Waals surface area contributed by atoms with Crippen molar-refractivity contribution in [2.45, 2.75) is 66.2 Å². The number of carbonyl (C=O) groups is 1. The van der Waals surface area contributed by atoms with Crippen LogP contribution in [-0.2, 0) is 4.79 Å². The molecule has 0 radical (unpaired) electrons. The van der Waals surface area contributed by atoms with E-state index in [9.17, 15) is 9.90 Å². The lowest BCUT2D eigenvalue weighted by molar-refractivity contribution is -0.146. The van der Waals surface area contributed by atoms with Crippen LogP contribution in [0.25, 0.3) is 0 Å². The predicted molar refractivity (Wildman–Crippen MR) is 73.4 cm³/mol. The van der Waals surface area contributed by atoms with Gasteiger partial charge in [0.1, 0.15) is 0 Å². The molecule has 0 amide bonds. The molecule has 0 saturated heterocycles. The van der Waals surface area contributed by atoms with E-state index in [-0.39, 0.29) is 5.41 Å². The average Bonchev–Trinajstić information content (AvgIpc) is 2.22. The van der Waals surface area contributed by atoms with E-state index in [0.717, 1.165) is 0 Å². The monoisotopic (exact) mass is 252 g/mol. The van der Waals surface area contributed by atoms with Crippen molar-refractivity contribution in [2.24, 2.45) is 28.6 Å². The summed E-state index contributed by atoms with van der Waals surface area (Å²) in [6.45, 7) is 9.42. The van der Waals surface area contributed by atoms with Gasteiger partial charge in [0, 0.05) is 6.42 Å². The molecule has 2 aliphatic carbocycles. The Kier molecular flexibility index (Phi) is 3.50. The Balaban J connectivity index is 2.30. The number of carboxylic acid groups (broad SMARTS) is 1. The van der Waals surface area contributed by atoms with E-state index in [1.807, 2.05) is 0 Å². The van der Waals surface area contributed by atoms with E-state index in [1.165, 1.54) is 32.1 Å². The Morgan fingerprint density at radius 1 is 1.22 bits per heavy atom. The number of aliphatic carboxylic acids is 1. The van der Waals surface area contributed by atoms with E-state index < -0.39 is 5.97 Å². The Labute approximate surface area is 111 Å². The fourth-order valence-corrected chi connectivity index (χ4v) is 5.23. The first-order chi connectivity index (χ1) is 8.27. The number of hydrogen-bond acceptors (Lipinski definition) is 1. The molecule has 2 saturated carbocycles. The van der Waals surface area contributed by atoms with Crippen molar-refractivity contribution in [3.8, 4) is 0 Å². The molecule has 0 aromatic carbocycles. The number of rotatable bonds is 2. The molecule has 18 heavy (non-hydrogen) atoms. The van der Waals surface area contributed by atoms with Crippen LogP contribution >= 0.6 is 0 Å². The Morgan fingerprint density at radius 3 is 2.50 bits per heavy atom. The summed E-state index contributed by atoms with van der Waals surface area (Å²) in [5.74, 6) is 1.03. The van der Waals surface area contributed by atoms with E-state index >= 15 is 0 Å². The summed E-state index contributed by atoms with van der Waals surface area (Å²) < 4.78 is 0. The standard InChI is InChI=1S/C16H28O2/c1-11-6-7-13-15(2,3)8-5-9-16(13,4)12(11)10-14(17)18/h11-13H,5-10H2,1-4H3,(H,17,18)/t11-,12-,13-,16+/m0/s1. The third kappa shape index (κ3) is 2.19. The highest BCUT2D eigenvalue weighted by atomic mass is 16.4. The van der Waals surface area contributed by atoms with Crippen LogP contribution in [0.1, 0.15) is 66.2 Å². The van der Waals surface area contributed by atoms with Gasteiger partial charge < -0.3 is 5.11 Å². The minimum Gasteiger partial charge on any atom is -0.481 e. The third-order valence-electron chi connectivity index (χ3n) is 6.12. The van der Waals surface area contributed by atoms with E-state index in [0.29, 0.717) is 29.6 Å². The van der Waals surface area contributed by atoms with Gasteiger partial charge in [-0.2, -0.15) is 0 Å². The maximum Gasteiger partial charge on any atom is 0.303 e. The molecule has 2 fully saturated rings. The molecule has 4 atom stereocenters. The lowest BCUT2D eigenvalue weighted by Gasteiger charge is -2.59. The minimum absolute atomic E-state index is 0.248. The van der Waals surface area contributed by atoms with Gasteiger partial charge in [-0.3, -0.25) is 4.79 Å². The van der Waals surface area contributed by atoms with Crippen LogP contribution < -0.4 is 0 Å². The Bertz CT molecular complexity index is 334. The van der Waals surface area contributed by atoms with Crippen molar-refractivity contribution in [1.82, 2.24) is 0 Å². The van der Waals surface area contributed by atoms with Crippen molar-refractivity contribution in [3.63, 3.8) is 0 Å². The molecule has 104 valence electrons. The molecule has 2 rings (SSSR count). The molecule has 0 spiro atoms. The lowest BCUT2D eigenvalue weighted by Crippen LogP contribution is -2.51. The smallest absolute Gasteiger partial charge is 0.303 e. The lowest BCUT2D eigenvalue weighted by atomic mass is 9.46. The largest absolute Gasteiger partial charge is 0.481 e. The number of fused-ring (bicyclic) bond motifs is 1. The average molecular weight is 252 g/mol. The molecule has 0 unspecified atom stereocenters. The summed E-state index contributed by atoms with van der Waals surface area (Å²) in [7, 11) is 0. The van der Waals surface area contributed by atoms with E-state index in [2.05, 4.69) is 27.7 Å². The maximum atomic E-state index is 11.2. The van der Waals surface area contributed by atoms with Crippen molar-refractivity contribution in [3.05, 3.63) is 0 Å². The van der Waals surface area contributed by atoms with Gasteiger partial charge in [0.25, 0.3) is 0 Å². The van der Waals surface area contributed by atoms with Crippen molar-refractivity contribution >= 4 is 5.97 Å². The van der Waals surface area contributed by atoms with Gasteiger partial charge in [0.15, 0.2) is 0 Å². The topological polar surface area (TPSA) is 37.3 Å². The summed E-state index contributed by atoms with van der Waals surface area (Å²) in [6.07, 6.45) is 6.67. The SMILES string of the molecule is C[C@H]1CC[C@H]2C(C)(C)CCC[C@]2(C)[C@H]1CC(=O)O.